The van der Waals surface area contributed by atoms with Gasteiger partial charge in [0.1, 0.15) is 6.04 Å². The van der Waals surface area contributed by atoms with Crippen LogP contribution in [-0.4, -0.2) is 43.3 Å². The third kappa shape index (κ3) is 5.67. The number of carboxylic acids is 1. The fourth-order valence-corrected chi connectivity index (χ4v) is 1.27. The van der Waals surface area contributed by atoms with Crippen LogP contribution in [0, 0.1) is 5.92 Å². The summed E-state index contributed by atoms with van der Waals surface area (Å²) in [6, 6.07) is -0.749. The molecule has 16 heavy (non-hydrogen) atoms. The molecule has 0 saturated heterocycles. The van der Waals surface area contributed by atoms with Crippen LogP contribution in [0.4, 0.5) is 0 Å². The molecule has 0 aliphatic carbocycles. The Labute approximate surface area is 95.1 Å². The van der Waals surface area contributed by atoms with E-state index >= 15 is 0 Å². The van der Waals surface area contributed by atoms with Crippen LogP contribution in [0.15, 0.2) is 0 Å². The van der Waals surface area contributed by atoms with Gasteiger partial charge in [0.15, 0.2) is 0 Å². The van der Waals surface area contributed by atoms with Gasteiger partial charge in [0.05, 0.1) is 12.5 Å². The summed E-state index contributed by atoms with van der Waals surface area (Å²) in [7, 11) is 1.45. The van der Waals surface area contributed by atoms with Crippen LogP contribution < -0.4 is 11.1 Å². The first-order valence-electron chi connectivity index (χ1n) is 5.27. The molecule has 0 bridgehead atoms. The Bertz CT molecular complexity index is 233. The van der Waals surface area contributed by atoms with Crippen molar-refractivity contribution in [1.82, 2.24) is 5.32 Å². The molecule has 0 aliphatic heterocycles. The van der Waals surface area contributed by atoms with E-state index in [2.05, 4.69) is 5.32 Å². The Morgan fingerprint density at radius 3 is 2.56 bits per heavy atom. The molecule has 94 valence electrons. The number of carboxylic acid groups (broad SMARTS) is 1. The minimum absolute atomic E-state index is 0.111. The van der Waals surface area contributed by atoms with Gasteiger partial charge >= 0.3 is 5.97 Å². The van der Waals surface area contributed by atoms with Crippen molar-refractivity contribution >= 4 is 11.9 Å². The summed E-state index contributed by atoms with van der Waals surface area (Å²) in [4.78, 5) is 22.1. The van der Waals surface area contributed by atoms with Crippen LogP contribution in [0.5, 0.6) is 0 Å². The van der Waals surface area contributed by atoms with Gasteiger partial charge in [-0.3, -0.25) is 9.59 Å². The van der Waals surface area contributed by atoms with E-state index in [0.29, 0.717) is 6.42 Å². The minimum Gasteiger partial charge on any atom is -0.481 e. The number of hydrogen-bond donors (Lipinski definition) is 3. The fourth-order valence-electron chi connectivity index (χ4n) is 1.27. The molecule has 2 unspecified atom stereocenters. The second-order valence-electron chi connectivity index (χ2n) is 3.63. The van der Waals surface area contributed by atoms with Gasteiger partial charge in [-0.15, -0.1) is 0 Å². The van der Waals surface area contributed by atoms with Gasteiger partial charge < -0.3 is 20.9 Å². The molecule has 0 aliphatic rings. The lowest BCUT2D eigenvalue weighted by atomic mass is 10.0. The summed E-state index contributed by atoms with van der Waals surface area (Å²) >= 11 is 0. The lowest BCUT2D eigenvalue weighted by molar-refractivity contribution is -0.142. The highest BCUT2D eigenvalue weighted by Gasteiger charge is 2.19. The number of carbonyl (C=O) groups excluding carboxylic acids is 1. The van der Waals surface area contributed by atoms with Gasteiger partial charge in [0.2, 0.25) is 5.91 Å². The molecule has 2 atom stereocenters. The smallest absolute Gasteiger partial charge is 0.308 e. The molecular formula is C10H20N2O4. The average molecular weight is 232 g/mol. The highest BCUT2D eigenvalue weighted by Crippen LogP contribution is 2.04. The Morgan fingerprint density at radius 2 is 2.12 bits per heavy atom. The van der Waals surface area contributed by atoms with E-state index in [9.17, 15) is 9.59 Å². The number of aliphatic carboxylic acids is 1. The average Bonchev–Trinajstić information content (AvgIpc) is 2.23. The lowest BCUT2D eigenvalue weighted by Gasteiger charge is -2.15. The maximum atomic E-state index is 11.4. The summed E-state index contributed by atoms with van der Waals surface area (Å²) in [5, 5.41) is 11.4. The maximum Gasteiger partial charge on any atom is 0.308 e. The predicted molar refractivity (Wildman–Crippen MR) is 58.9 cm³/mol. The van der Waals surface area contributed by atoms with Crippen molar-refractivity contribution in [2.24, 2.45) is 11.7 Å². The molecule has 0 radical (unpaired) electrons. The molecule has 6 nitrogen and oxygen atoms in total. The van der Waals surface area contributed by atoms with E-state index in [4.69, 9.17) is 15.6 Å². The number of methoxy groups -OCH3 is 1. The molecule has 0 fully saturated rings. The number of amides is 1. The van der Waals surface area contributed by atoms with Crippen molar-refractivity contribution in [2.45, 2.75) is 25.8 Å². The van der Waals surface area contributed by atoms with Gasteiger partial charge in [-0.05, 0) is 6.42 Å². The zero-order valence-electron chi connectivity index (χ0n) is 9.73. The summed E-state index contributed by atoms with van der Waals surface area (Å²) in [6.07, 6.45) is 1.30. The van der Waals surface area contributed by atoms with Crippen LogP contribution in [0.3, 0.4) is 0 Å². The first kappa shape index (κ1) is 14.9. The Morgan fingerprint density at radius 1 is 1.50 bits per heavy atom. The topological polar surface area (TPSA) is 102 Å². The number of rotatable bonds is 8. The zero-order chi connectivity index (χ0) is 12.6. The summed E-state index contributed by atoms with van der Waals surface area (Å²) in [5.41, 5.74) is 5.48. The number of hydrogen-bond acceptors (Lipinski definition) is 4. The largest absolute Gasteiger partial charge is 0.481 e. The van der Waals surface area contributed by atoms with Crippen LogP contribution in [0.25, 0.3) is 0 Å². The number of carbonyl (C=O) groups is 2. The van der Waals surface area contributed by atoms with Gasteiger partial charge in [-0.25, -0.2) is 0 Å². The van der Waals surface area contributed by atoms with Crippen molar-refractivity contribution < 1.29 is 19.4 Å². The van der Waals surface area contributed by atoms with Crippen molar-refractivity contribution in [3.63, 3.8) is 0 Å². The van der Waals surface area contributed by atoms with E-state index in [-0.39, 0.29) is 19.1 Å². The van der Waals surface area contributed by atoms with E-state index in [1.165, 1.54) is 7.11 Å². The highest BCUT2D eigenvalue weighted by atomic mass is 16.5. The molecule has 0 saturated carbocycles. The monoisotopic (exact) mass is 232 g/mol. The van der Waals surface area contributed by atoms with Crippen molar-refractivity contribution in [2.75, 3.05) is 20.3 Å². The molecule has 0 heterocycles. The standard InChI is InChI=1S/C10H20N2O4/c1-3-4-7(10(14)15)5-12-9(13)8(11)6-16-2/h7-8H,3-6,11H2,1-2H3,(H,12,13)(H,14,15). The molecule has 0 rings (SSSR count). The second-order valence-corrected chi connectivity index (χ2v) is 3.63. The first-order valence-corrected chi connectivity index (χ1v) is 5.27. The first-order chi connectivity index (χ1) is 7.52. The summed E-state index contributed by atoms with van der Waals surface area (Å²) < 4.78 is 4.72. The molecular weight excluding hydrogens is 212 g/mol. The SMILES string of the molecule is CCCC(CNC(=O)C(N)COC)C(=O)O. The lowest BCUT2D eigenvalue weighted by Crippen LogP contribution is -2.45. The quantitative estimate of drug-likeness (QED) is 0.527. The van der Waals surface area contributed by atoms with Crippen molar-refractivity contribution in [3.8, 4) is 0 Å². The number of nitrogens with two attached hydrogens (primary N) is 1. The molecule has 0 spiro atoms. The van der Waals surface area contributed by atoms with Gasteiger partial charge in [0.25, 0.3) is 0 Å². The van der Waals surface area contributed by atoms with E-state index in [1.807, 2.05) is 6.92 Å². The maximum absolute atomic E-state index is 11.4. The molecule has 0 aromatic heterocycles. The van der Waals surface area contributed by atoms with Crippen LogP contribution >= 0.6 is 0 Å². The molecule has 6 heteroatoms. The Balaban J connectivity index is 4.00. The zero-order valence-corrected chi connectivity index (χ0v) is 9.73. The van der Waals surface area contributed by atoms with E-state index in [0.717, 1.165) is 6.42 Å². The van der Waals surface area contributed by atoms with Gasteiger partial charge in [-0.2, -0.15) is 0 Å². The van der Waals surface area contributed by atoms with Crippen LogP contribution in [0.2, 0.25) is 0 Å². The van der Waals surface area contributed by atoms with Crippen LogP contribution in [-0.2, 0) is 14.3 Å². The van der Waals surface area contributed by atoms with E-state index in [1.54, 1.807) is 0 Å². The minimum atomic E-state index is -0.900. The van der Waals surface area contributed by atoms with E-state index < -0.39 is 17.9 Å². The molecule has 4 N–H and O–H groups in total. The normalized spacial score (nSPS) is 14.2. The number of nitrogens with one attached hydrogen (secondary N) is 1. The Kier molecular flexibility index (Phi) is 7.49. The van der Waals surface area contributed by atoms with Gasteiger partial charge in [-0.1, -0.05) is 13.3 Å². The molecule has 0 aromatic rings. The van der Waals surface area contributed by atoms with Crippen molar-refractivity contribution in [1.29, 1.82) is 0 Å². The summed E-state index contributed by atoms with van der Waals surface area (Å²) in [5.74, 6) is -1.84. The van der Waals surface area contributed by atoms with Crippen molar-refractivity contribution in [3.05, 3.63) is 0 Å². The third-order valence-electron chi connectivity index (χ3n) is 2.19. The fraction of sp³-hybridized carbons (Fsp3) is 0.800. The molecule has 0 aromatic carbocycles. The van der Waals surface area contributed by atoms with Crippen LogP contribution in [0.1, 0.15) is 19.8 Å². The second kappa shape index (κ2) is 8.06. The molecule has 1 amide bonds. The third-order valence-corrected chi connectivity index (χ3v) is 2.19. The predicted octanol–water partition coefficient (Wildman–Crippen LogP) is -0.423. The highest BCUT2D eigenvalue weighted by molar-refractivity contribution is 5.82. The van der Waals surface area contributed by atoms with Gasteiger partial charge in [0, 0.05) is 13.7 Å². The summed E-state index contributed by atoms with van der Waals surface area (Å²) in [6.45, 7) is 2.13. The Hall–Kier alpha value is -1.14. The number of ether oxygens (including phenoxy) is 1.